The Morgan fingerprint density at radius 3 is 2.00 bits per heavy atom. The highest BCUT2D eigenvalue weighted by atomic mass is 35.5. The van der Waals surface area contributed by atoms with E-state index >= 15 is 0 Å². The van der Waals surface area contributed by atoms with Gasteiger partial charge in [0.15, 0.2) is 0 Å². The summed E-state index contributed by atoms with van der Waals surface area (Å²) >= 11 is 0. The van der Waals surface area contributed by atoms with E-state index < -0.39 is 55.1 Å². The molecule has 10 heteroatoms. The molecule has 0 fully saturated rings. The minimum atomic E-state index is -4.25. The van der Waals surface area contributed by atoms with E-state index in [4.69, 9.17) is 5.73 Å². The molecule has 0 spiro atoms. The first-order valence-corrected chi connectivity index (χ1v) is 9.12. The monoisotopic (exact) mass is 413 g/mol. The summed E-state index contributed by atoms with van der Waals surface area (Å²) in [6, 6.07) is 0.186. The minimum absolute atomic E-state index is 0. The van der Waals surface area contributed by atoms with Gasteiger partial charge in [0.1, 0.15) is 16.5 Å². The Labute approximate surface area is 159 Å². The Morgan fingerprint density at radius 2 is 1.58 bits per heavy atom. The summed E-state index contributed by atoms with van der Waals surface area (Å²) in [4.78, 5) is 11.4. The number of carbonyl (C=O) groups excluding carboxylic acids is 1. The van der Waals surface area contributed by atoms with Gasteiger partial charge in [-0.3, -0.25) is 4.79 Å². The van der Waals surface area contributed by atoms with Crippen LogP contribution in [0.2, 0.25) is 0 Å². The van der Waals surface area contributed by atoms with Crippen molar-refractivity contribution < 1.29 is 22.0 Å². The number of anilines is 1. The van der Waals surface area contributed by atoms with E-state index in [1.807, 2.05) is 0 Å². The molecule has 0 radical (unpaired) electrons. The Hall–Kier alpha value is -1.29. The first kappa shape index (κ1) is 24.7. The second-order valence-electron chi connectivity index (χ2n) is 7.95. The quantitative estimate of drug-likeness (QED) is 0.706. The van der Waals surface area contributed by atoms with Crippen LogP contribution in [0.3, 0.4) is 0 Å². The molecule has 0 unspecified atom stereocenters. The maximum absolute atomic E-state index is 14.0. The lowest BCUT2D eigenvalue weighted by Gasteiger charge is -2.26. The number of carbonyl (C=O) groups is 1. The fraction of sp³-hybridized carbons (Fsp3) is 0.562. The van der Waals surface area contributed by atoms with E-state index in [2.05, 4.69) is 10.0 Å². The van der Waals surface area contributed by atoms with Crippen LogP contribution in [0.5, 0.6) is 0 Å². The van der Waals surface area contributed by atoms with Gasteiger partial charge in [-0.25, -0.2) is 21.9 Å². The van der Waals surface area contributed by atoms with Gasteiger partial charge in [-0.05, 0) is 32.3 Å². The highest BCUT2D eigenvalue weighted by molar-refractivity contribution is 7.89. The second kappa shape index (κ2) is 8.16. The zero-order valence-corrected chi connectivity index (χ0v) is 17.2. The molecule has 26 heavy (non-hydrogen) atoms. The van der Waals surface area contributed by atoms with Gasteiger partial charge in [0.25, 0.3) is 0 Å². The van der Waals surface area contributed by atoms with E-state index in [1.54, 1.807) is 41.5 Å². The van der Waals surface area contributed by atoms with Gasteiger partial charge in [0.2, 0.25) is 15.9 Å². The molecule has 1 aromatic rings. The third-order valence-electron chi connectivity index (χ3n) is 3.22. The molecule has 0 aliphatic carbocycles. The van der Waals surface area contributed by atoms with Crippen molar-refractivity contribution in [2.75, 3.05) is 5.32 Å². The summed E-state index contributed by atoms with van der Waals surface area (Å²) in [7, 11) is -4.25. The summed E-state index contributed by atoms with van der Waals surface area (Å²) < 4.78 is 54.8. The molecule has 6 nitrogen and oxygen atoms in total. The van der Waals surface area contributed by atoms with E-state index in [9.17, 15) is 22.0 Å². The number of halogens is 3. The average molecular weight is 414 g/mol. The number of benzene rings is 1. The predicted molar refractivity (Wildman–Crippen MR) is 99.7 cm³/mol. The van der Waals surface area contributed by atoms with Crippen molar-refractivity contribution in [2.24, 2.45) is 11.1 Å². The lowest BCUT2D eigenvalue weighted by atomic mass is 9.87. The molecule has 1 atom stereocenters. The van der Waals surface area contributed by atoms with Crippen LogP contribution >= 0.6 is 12.4 Å². The van der Waals surface area contributed by atoms with Gasteiger partial charge in [-0.1, -0.05) is 20.8 Å². The third kappa shape index (κ3) is 6.46. The number of nitrogens with two attached hydrogens (primary N) is 1. The number of sulfonamides is 1. The van der Waals surface area contributed by atoms with Crippen molar-refractivity contribution in [1.82, 2.24) is 4.72 Å². The van der Waals surface area contributed by atoms with Crippen LogP contribution in [0.15, 0.2) is 17.0 Å². The molecule has 4 N–H and O–H groups in total. The number of nitrogens with one attached hydrogen (secondary N) is 2. The van der Waals surface area contributed by atoms with E-state index in [0.29, 0.717) is 6.07 Å². The van der Waals surface area contributed by atoms with Crippen molar-refractivity contribution in [1.29, 1.82) is 0 Å². The zero-order valence-electron chi connectivity index (χ0n) is 15.6. The van der Waals surface area contributed by atoms with Crippen LogP contribution in [-0.2, 0) is 14.8 Å². The molecule has 1 rings (SSSR count). The summed E-state index contributed by atoms with van der Waals surface area (Å²) in [6.45, 7) is 9.91. The number of hydrogen-bond acceptors (Lipinski definition) is 4. The number of hydrogen-bond donors (Lipinski definition) is 3. The Balaban J connectivity index is 0.00000625. The van der Waals surface area contributed by atoms with Crippen molar-refractivity contribution in [3.05, 3.63) is 23.8 Å². The lowest BCUT2D eigenvalue weighted by Crippen LogP contribution is -2.45. The summed E-state index contributed by atoms with van der Waals surface area (Å²) in [6.07, 6.45) is 0. The highest BCUT2D eigenvalue weighted by Gasteiger charge is 2.30. The lowest BCUT2D eigenvalue weighted by molar-refractivity contribution is -0.119. The molecular formula is C16H26ClF2N3O3S. The highest BCUT2D eigenvalue weighted by Crippen LogP contribution is 2.25. The van der Waals surface area contributed by atoms with Gasteiger partial charge >= 0.3 is 0 Å². The predicted octanol–water partition coefficient (Wildman–Crippen LogP) is 2.78. The maximum Gasteiger partial charge on any atom is 0.244 e. The van der Waals surface area contributed by atoms with Crippen LogP contribution in [0.25, 0.3) is 0 Å². The molecule has 0 bridgehead atoms. The molecular weight excluding hydrogens is 388 g/mol. The second-order valence-corrected chi connectivity index (χ2v) is 9.60. The molecule has 0 aromatic heterocycles. The molecule has 0 aliphatic rings. The van der Waals surface area contributed by atoms with Gasteiger partial charge in [0.05, 0.1) is 11.7 Å². The first-order chi connectivity index (χ1) is 11.0. The van der Waals surface area contributed by atoms with Crippen LogP contribution in [0.4, 0.5) is 14.5 Å². The largest absolute Gasteiger partial charge is 0.322 e. The number of rotatable bonds is 4. The first-order valence-electron chi connectivity index (χ1n) is 7.64. The topological polar surface area (TPSA) is 101 Å². The van der Waals surface area contributed by atoms with Gasteiger partial charge < -0.3 is 11.1 Å². The normalized spacial score (nSPS) is 13.7. The van der Waals surface area contributed by atoms with E-state index in [1.165, 1.54) is 0 Å². The third-order valence-corrected chi connectivity index (χ3v) is 5.00. The molecule has 1 aromatic carbocycles. The maximum atomic E-state index is 14.0. The smallest absolute Gasteiger partial charge is 0.244 e. The van der Waals surface area contributed by atoms with Gasteiger partial charge in [0, 0.05) is 11.6 Å². The van der Waals surface area contributed by atoms with Crippen LogP contribution in [0.1, 0.15) is 41.5 Å². The Bertz CT molecular complexity index is 772. The number of amides is 1. The molecule has 1 amide bonds. The van der Waals surface area contributed by atoms with Crippen LogP contribution < -0.4 is 15.8 Å². The van der Waals surface area contributed by atoms with E-state index in [0.717, 1.165) is 6.07 Å². The minimum Gasteiger partial charge on any atom is -0.322 e. The van der Waals surface area contributed by atoms with Crippen LogP contribution in [0, 0.1) is 17.0 Å². The molecule has 0 heterocycles. The van der Waals surface area contributed by atoms with Crippen molar-refractivity contribution in [3.63, 3.8) is 0 Å². The Morgan fingerprint density at radius 1 is 1.08 bits per heavy atom. The summed E-state index contributed by atoms with van der Waals surface area (Å²) in [5.41, 5.74) is 3.87. The molecule has 0 saturated heterocycles. The van der Waals surface area contributed by atoms with Gasteiger partial charge in [-0.2, -0.15) is 0 Å². The molecule has 0 aliphatic heterocycles. The molecule has 150 valence electrons. The summed E-state index contributed by atoms with van der Waals surface area (Å²) in [5, 5.41) is 2.22. The van der Waals surface area contributed by atoms with Crippen molar-refractivity contribution >= 4 is 34.0 Å². The zero-order chi connectivity index (χ0) is 19.8. The SMILES string of the molecule is CC(C)(C)NS(=O)(=O)c1cc(NC(=O)[C@@H](N)C(C)(C)C)c(F)cc1F.Cl. The van der Waals surface area contributed by atoms with Crippen molar-refractivity contribution in [2.45, 2.75) is 58.0 Å². The van der Waals surface area contributed by atoms with E-state index in [-0.39, 0.29) is 12.4 Å². The molecule has 0 saturated carbocycles. The fourth-order valence-corrected chi connectivity index (χ4v) is 3.40. The standard InChI is InChI=1S/C16H25F2N3O3S.ClH/c1-15(2,3)13(19)14(22)20-11-8-12(10(18)7-9(11)17)25(23,24)21-16(4,5)6;/h7-8,13,21H,19H2,1-6H3,(H,20,22);1H/t13-;/m1./s1. The Kier molecular flexibility index (Phi) is 7.76. The average Bonchev–Trinajstić information content (AvgIpc) is 2.36. The van der Waals surface area contributed by atoms with Crippen molar-refractivity contribution in [3.8, 4) is 0 Å². The van der Waals surface area contributed by atoms with Gasteiger partial charge in [-0.15, -0.1) is 12.4 Å². The summed E-state index contributed by atoms with van der Waals surface area (Å²) in [5.74, 6) is -3.06. The van der Waals surface area contributed by atoms with Crippen LogP contribution in [-0.4, -0.2) is 25.9 Å². The fourth-order valence-electron chi connectivity index (χ4n) is 1.89.